The average Bonchev–Trinajstić information content (AvgIpc) is 3.09. The zero-order chi connectivity index (χ0) is 20.3. The number of aliphatic hydroxyl groups excluding tert-OH is 1. The van der Waals surface area contributed by atoms with Gasteiger partial charge >= 0.3 is 6.18 Å². The quantitative estimate of drug-likeness (QED) is 0.593. The first kappa shape index (κ1) is 19.8. The number of carbonyl (C=O) groups is 1. The van der Waals surface area contributed by atoms with Crippen LogP contribution in [0, 0.1) is 0 Å². The molecule has 28 heavy (non-hydrogen) atoms. The molecule has 8 heteroatoms. The number of fused-ring (bicyclic) bond motifs is 1. The zero-order valence-electron chi connectivity index (χ0n) is 15.0. The van der Waals surface area contributed by atoms with E-state index < -0.39 is 23.8 Å². The number of rotatable bonds is 6. The molecule has 0 aliphatic rings. The van der Waals surface area contributed by atoms with Crippen molar-refractivity contribution in [2.45, 2.75) is 19.2 Å². The molecule has 3 N–H and O–H groups in total. The van der Waals surface area contributed by atoms with E-state index in [2.05, 4.69) is 10.3 Å². The number of hydrogen-bond acceptors (Lipinski definition) is 3. The van der Waals surface area contributed by atoms with Crippen LogP contribution in [0.1, 0.15) is 34.6 Å². The van der Waals surface area contributed by atoms with Crippen LogP contribution in [0.2, 0.25) is 0 Å². The molecule has 1 heterocycles. The van der Waals surface area contributed by atoms with Crippen LogP contribution in [0.5, 0.6) is 5.75 Å². The molecule has 1 unspecified atom stereocenters. The lowest BCUT2D eigenvalue weighted by molar-refractivity contribution is -0.139. The highest BCUT2D eigenvalue weighted by Crippen LogP contribution is 2.34. The summed E-state index contributed by atoms with van der Waals surface area (Å²) in [5.74, 6) is 0.126. The fourth-order valence-electron chi connectivity index (χ4n) is 2.93. The highest BCUT2D eigenvalue weighted by atomic mass is 19.4. The number of hydrogen-bond donors (Lipinski definition) is 3. The Morgan fingerprint density at radius 1 is 1.21 bits per heavy atom. The Labute approximate surface area is 159 Å². The molecule has 0 fully saturated rings. The van der Waals surface area contributed by atoms with Gasteiger partial charge in [0.25, 0.3) is 5.91 Å². The molecular weight excluding hydrogens is 373 g/mol. The summed E-state index contributed by atoms with van der Waals surface area (Å²) < 4.78 is 44.6. The molecule has 0 bridgehead atoms. The van der Waals surface area contributed by atoms with Crippen LogP contribution in [-0.4, -0.2) is 29.1 Å². The highest BCUT2D eigenvalue weighted by molar-refractivity contribution is 5.98. The Bertz CT molecular complexity index is 982. The third kappa shape index (κ3) is 4.28. The summed E-state index contributed by atoms with van der Waals surface area (Å²) >= 11 is 0. The largest absolute Gasteiger partial charge is 0.494 e. The van der Waals surface area contributed by atoms with E-state index >= 15 is 0 Å². The zero-order valence-corrected chi connectivity index (χ0v) is 15.0. The number of nitrogens with one attached hydrogen (secondary N) is 2. The van der Waals surface area contributed by atoms with Crippen molar-refractivity contribution in [1.82, 2.24) is 10.3 Å². The Kier molecular flexibility index (Phi) is 5.60. The Morgan fingerprint density at radius 2 is 1.96 bits per heavy atom. The number of H-pyrrole nitrogens is 1. The number of benzene rings is 2. The van der Waals surface area contributed by atoms with Gasteiger partial charge in [-0.1, -0.05) is 18.2 Å². The van der Waals surface area contributed by atoms with Gasteiger partial charge < -0.3 is 20.1 Å². The van der Waals surface area contributed by atoms with Gasteiger partial charge in [0.1, 0.15) is 11.4 Å². The number of aliphatic hydroxyl groups is 1. The molecule has 3 rings (SSSR count). The van der Waals surface area contributed by atoms with Gasteiger partial charge in [-0.25, -0.2) is 0 Å². The predicted molar refractivity (Wildman–Crippen MR) is 98.2 cm³/mol. The van der Waals surface area contributed by atoms with Gasteiger partial charge in [0.05, 0.1) is 18.3 Å². The first-order chi connectivity index (χ1) is 13.3. The molecule has 0 saturated heterocycles. The van der Waals surface area contributed by atoms with E-state index in [1.807, 2.05) is 6.92 Å². The molecule has 0 aliphatic heterocycles. The summed E-state index contributed by atoms with van der Waals surface area (Å²) in [4.78, 5) is 15.3. The fourth-order valence-corrected chi connectivity index (χ4v) is 2.93. The molecular formula is C20H19F3N2O3. The molecule has 0 radical (unpaired) electrons. The van der Waals surface area contributed by atoms with Crippen LogP contribution in [0.15, 0.2) is 48.5 Å². The second-order valence-electron chi connectivity index (χ2n) is 6.18. The summed E-state index contributed by atoms with van der Waals surface area (Å²) in [7, 11) is 0. The molecule has 1 amide bonds. The summed E-state index contributed by atoms with van der Waals surface area (Å²) in [5, 5.41) is 13.4. The molecule has 2 aromatic carbocycles. The number of carbonyl (C=O) groups excluding carboxylic acids is 1. The number of halogens is 3. The first-order valence-corrected chi connectivity index (χ1v) is 8.67. The van der Waals surface area contributed by atoms with Crippen LogP contribution in [0.25, 0.3) is 10.9 Å². The summed E-state index contributed by atoms with van der Waals surface area (Å²) in [5.41, 5.74) is -0.280. The summed E-state index contributed by atoms with van der Waals surface area (Å²) in [6.07, 6.45) is -6.08. The first-order valence-electron chi connectivity index (χ1n) is 8.67. The molecule has 1 aromatic heterocycles. The minimum absolute atomic E-state index is 0.236. The number of alkyl halides is 3. The van der Waals surface area contributed by atoms with Gasteiger partial charge in [-0.3, -0.25) is 4.79 Å². The van der Waals surface area contributed by atoms with Crippen molar-refractivity contribution in [3.05, 3.63) is 65.4 Å². The third-order valence-electron chi connectivity index (χ3n) is 4.23. The van der Waals surface area contributed by atoms with Crippen molar-refractivity contribution in [2.75, 3.05) is 13.2 Å². The lowest BCUT2D eigenvalue weighted by Crippen LogP contribution is -2.29. The van der Waals surface area contributed by atoms with Gasteiger partial charge in [-0.15, -0.1) is 0 Å². The highest BCUT2D eigenvalue weighted by Gasteiger charge is 2.34. The van der Waals surface area contributed by atoms with E-state index in [4.69, 9.17) is 4.74 Å². The van der Waals surface area contributed by atoms with Crippen LogP contribution in [0.4, 0.5) is 13.2 Å². The molecule has 0 aliphatic carbocycles. The van der Waals surface area contributed by atoms with Crippen molar-refractivity contribution in [3.63, 3.8) is 0 Å². The van der Waals surface area contributed by atoms with Crippen LogP contribution >= 0.6 is 0 Å². The van der Waals surface area contributed by atoms with Crippen molar-refractivity contribution >= 4 is 16.8 Å². The maximum Gasteiger partial charge on any atom is 0.416 e. The van der Waals surface area contributed by atoms with Crippen molar-refractivity contribution in [3.8, 4) is 5.75 Å². The van der Waals surface area contributed by atoms with Crippen LogP contribution < -0.4 is 10.1 Å². The van der Waals surface area contributed by atoms with Gasteiger partial charge in [-0.05, 0) is 36.8 Å². The standard InChI is InChI=1S/C20H19F3N2O3/c1-2-28-13-8-7-12-9-17(25-16(12)10-13)19(27)24-11-18(26)14-5-3-4-6-15(14)20(21,22)23/h3-10,18,25-26H,2,11H2,1H3,(H,24,27). The maximum absolute atomic E-state index is 13.1. The van der Waals surface area contributed by atoms with Gasteiger partial charge in [0.15, 0.2) is 0 Å². The molecule has 0 saturated carbocycles. The molecule has 148 valence electrons. The van der Waals surface area contributed by atoms with Gasteiger partial charge in [0.2, 0.25) is 0 Å². The normalized spacial score (nSPS) is 12.8. The SMILES string of the molecule is CCOc1ccc2cc(C(=O)NCC(O)c3ccccc3C(F)(F)F)[nH]c2c1. The number of aromatic amines is 1. The Morgan fingerprint density at radius 3 is 2.68 bits per heavy atom. The smallest absolute Gasteiger partial charge is 0.416 e. The van der Waals surface area contributed by atoms with Crippen LogP contribution in [-0.2, 0) is 6.18 Å². The lowest BCUT2D eigenvalue weighted by atomic mass is 10.0. The van der Waals surface area contributed by atoms with E-state index in [1.165, 1.54) is 18.2 Å². The van der Waals surface area contributed by atoms with E-state index in [1.54, 1.807) is 24.3 Å². The van der Waals surface area contributed by atoms with E-state index in [9.17, 15) is 23.1 Å². The maximum atomic E-state index is 13.1. The average molecular weight is 392 g/mol. The number of amides is 1. The minimum Gasteiger partial charge on any atom is -0.494 e. The van der Waals surface area contributed by atoms with E-state index in [0.29, 0.717) is 17.9 Å². The van der Waals surface area contributed by atoms with E-state index in [-0.39, 0.29) is 17.8 Å². The Balaban J connectivity index is 1.71. The minimum atomic E-state index is -4.59. The van der Waals surface area contributed by atoms with Crippen LogP contribution in [0.3, 0.4) is 0 Å². The fraction of sp³-hybridized carbons (Fsp3) is 0.250. The van der Waals surface area contributed by atoms with E-state index in [0.717, 1.165) is 11.5 Å². The third-order valence-corrected chi connectivity index (χ3v) is 4.23. The number of ether oxygens (including phenoxy) is 1. The summed E-state index contributed by atoms with van der Waals surface area (Å²) in [6.45, 7) is 2.02. The Hall–Kier alpha value is -3.00. The van der Waals surface area contributed by atoms with Gasteiger partial charge in [0, 0.05) is 23.5 Å². The second kappa shape index (κ2) is 7.93. The molecule has 0 spiro atoms. The predicted octanol–water partition coefficient (Wildman–Crippen LogP) is 4.05. The summed E-state index contributed by atoms with van der Waals surface area (Å²) in [6, 6.07) is 11.7. The van der Waals surface area contributed by atoms with Crippen molar-refractivity contribution < 1.29 is 27.8 Å². The molecule has 3 aromatic rings. The second-order valence-corrected chi connectivity index (χ2v) is 6.18. The van der Waals surface area contributed by atoms with Crippen molar-refractivity contribution in [1.29, 1.82) is 0 Å². The molecule has 5 nitrogen and oxygen atoms in total. The van der Waals surface area contributed by atoms with Gasteiger partial charge in [-0.2, -0.15) is 13.2 Å². The van der Waals surface area contributed by atoms with Crippen molar-refractivity contribution in [2.24, 2.45) is 0 Å². The monoisotopic (exact) mass is 392 g/mol. The lowest BCUT2D eigenvalue weighted by Gasteiger charge is -2.17. The number of aromatic nitrogens is 1. The molecule has 1 atom stereocenters. The topological polar surface area (TPSA) is 74.3 Å².